The highest BCUT2D eigenvalue weighted by Crippen LogP contribution is 2.30. The molecule has 2 aromatic carbocycles. The van der Waals surface area contributed by atoms with E-state index in [0.29, 0.717) is 16.3 Å². The number of nitrogens with one attached hydrogen (secondary N) is 1. The van der Waals surface area contributed by atoms with Crippen molar-refractivity contribution in [1.29, 1.82) is 0 Å². The number of piperazine rings is 1. The molecular formula is C20H21ClN4O3. The predicted octanol–water partition coefficient (Wildman–Crippen LogP) is 3.65. The highest BCUT2D eigenvalue weighted by molar-refractivity contribution is 6.31. The molecular weight excluding hydrogens is 380 g/mol. The number of carbonyl (C=O) groups excluding carboxylic acids is 1. The van der Waals surface area contributed by atoms with Crippen molar-refractivity contribution in [2.75, 3.05) is 43.4 Å². The van der Waals surface area contributed by atoms with Crippen LogP contribution < -0.4 is 10.2 Å². The van der Waals surface area contributed by atoms with Gasteiger partial charge in [-0.15, -0.1) is 0 Å². The Morgan fingerprint density at radius 3 is 2.61 bits per heavy atom. The van der Waals surface area contributed by atoms with Crippen LogP contribution in [0.5, 0.6) is 0 Å². The lowest BCUT2D eigenvalue weighted by Crippen LogP contribution is -2.44. The molecule has 0 atom stereocenters. The number of benzene rings is 2. The Bertz CT molecular complexity index is 908. The second-order valence-corrected chi connectivity index (χ2v) is 7.03. The first-order valence-electron chi connectivity index (χ1n) is 8.89. The molecule has 1 N–H and O–H groups in total. The summed E-state index contributed by atoms with van der Waals surface area (Å²) in [6, 6.07) is 11.7. The number of carbonyl (C=O) groups is 1. The van der Waals surface area contributed by atoms with Gasteiger partial charge in [0.1, 0.15) is 0 Å². The number of amides is 1. The van der Waals surface area contributed by atoms with Crippen LogP contribution in [0, 0.1) is 10.1 Å². The third-order valence-electron chi connectivity index (χ3n) is 4.61. The lowest BCUT2D eigenvalue weighted by molar-refractivity contribution is -0.385. The average molecular weight is 401 g/mol. The van der Waals surface area contributed by atoms with E-state index in [9.17, 15) is 14.9 Å². The fraction of sp³-hybridized carbons (Fsp3) is 0.250. The summed E-state index contributed by atoms with van der Waals surface area (Å²) >= 11 is 6.12. The van der Waals surface area contributed by atoms with Gasteiger partial charge in [0.25, 0.3) is 5.69 Å². The van der Waals surface area contributed by atoms with Gasteiger partial charge >= 0.3 is 0 Å². The molecule has 0 saturated carbocycles. The summed E-state index contributed by atoms with van der Waals surface area (Å²) in [6.45, 7) is 3.58. The number of para-hydroxylation sites is 1. The van der Waals surface area contributed by atoms with Gasteiger partial charge in [-0.3, -0.25) is 14.9 Å². The normalized spacial score (nSPS) is 15.0. The standard InChI is InChI=1S/C20H21ClN4O3/c1-23-10-12-24(13-11-23)19-8-7-16(21)14-17(19)22-20(26)9-6-15-4-2-3-5-18(15)25(27)28/h2-9,14H,10-13H2,1H3,(H,22,26)/b9-6+. The number of likely N-dealkylation sites (N-methyl/N-ethyl adjacent to an activating group) is 1. The molecule has 1 aliphatic rings. The van der Waals surface area contributed by atoms with E-state index < -0.39 is 4.92 Å². The Morgan fingerprint density at radius 2 is 1.89 bits per heavy atom. The predicted molar refractivity (Wildman–Crippen MR) is 112 cm³/mol. The average Bonchev–Trinajstić information content (AvgIpc) is 2.67. The van der Waals surface area contributed by atoms with Crippen LogP contribution in [0.1, 0.15) is 5.56 Å². The number of nitrogens with zero attached hydrogens (tertiary/aromatic N) is 3. The highest BCUT2D eigenvalue weighted by atomic mass is 35.5. The van der Waals surface area contributed by atoms with Crippen LogP contribution in [-0.4, -0.2) is 49.0 Å². The maximum absolute atomic E-state index is 12.4. The van der Waals surface area contributed by atoms with Gasteiger partial charge < -0.3 is 15.1 Å². The monoisotopic (exact) mass is 400 g/mol. The second kappa shape index (κ2) is 8.86. The van der Waals surface area contributed by atoms with Gasteiger partial charge in [0.05, 0.1) is 21.9 Å². The first-order chi connectivity index (χ1) is 13.4. The van der Waals surface area contributed by atoms with Gasteiger partial charge in [0.15, 0.2) is 0 Å². The largest absolute Gasteiger partial charge is 0.367 e. The van der Waals surface area contributed by atoms with Crippen molar-refractivity contribution in [3.05, 3.63) is 69.2 Å². The van der Waals surface area contributed by atoms with Crippen molar-refractivity contribution in [3.8, 4) is 0 Å². The first-order valence-corrected chi connectivity index (χ1v) is 9.27. The van der Waals surface area contributed by atoms with Crippen molar-refractivity contribution >= 4 is 40.6 Å². The van der Waals surface area contributed by atoms with E-state index in [4.69, 9.17) is 11.6 Å². The molecule has 1 heterocycles. The first kappa shape index (κ1) is 19.9. The number of hydrogen-bond acceptors (Lipinski definition) is 5. The Balaban J connectivity index is 1.77. The fourth-order valence-electron chi connectivity index (χ4n) is 3.07. The topological polar surface area (TPSA) is 78.7 Å². The van der Waals surface area contributed by atoms with E-state index in [1.54, 1.807) is 30.3 Å². The van der Waals surface area contributed by atoms with Crippen LogP contribution >= 0.6 is 11.6 Å². The van der Waals surface area contributed by atoms with Crippen molar-refractivity contribution in [3.63, 3.8) is 0 Å². The van der Waals surface area contributed by atoms with Gasteiger partial charge in [-0.05, 0) is 37.4 Å². The van der Waals surface area contributed by atoms with E-state index in [1.807, 2.05) is 6.07 Å². The Morgan fingerprint density at radius 1 is 1.18 bits per heavy atom. The number of rotatable bonds is 5. The number of nitro groups is 1. The number of hydrogen-bond donors (Lipinski definition) is 1. The molecule has 0 bridgehead atoms. The van der Waals surface area contributed by atoms with Crippen LogP contribution in [0.4, 0.5) is 17.1 Å². The lowest BCUT2D eigenvalue weighted by Gasteiger charge is -2.35. The van der Waals surface area contributed by atoms with Crippen molar-refractivity contribution in [2.45, 2.75) is 0 Å². The number of halogens is 1. The fourth-order valence-corrected chi connectivity index (χ4v) is 3.24. The third kappa shape index (κ3) is 4.88. The molecule has 1 aliphatic heterocycles. The van der Waals surface area contributed by atoms with Crippen LogP contribution in [0.3, 0.4) is 0 Å². The molecule has 146 valence electrons. The molecule has 28 heavy (non-hydrogen) atoms. The van der Waals surface area contributed by atoms with Crippen LogP contribution in [0.2, 0.25) is 5.02 Å². The Kier molecular flexibility index (Phi) is 6.28. The zero-order valence-corrected chi connectivity index (χ0v) is 16.2. The van der Waals surface area contributed by atoms with Gasteiger partial charge in [-0.1, -0.05) is 23.7 Å². The molecule has 3 rings (SSSR count). The van der Waals surface area contributed by atoms with E-state index in [1.165, 1.54) is 18.2 Å². The Labute approximate surface area is 168 Å². The molecule has 8 heteroatoms. The smallest absolute Gasteiger partial charge is 0.276 e. The van der Waals surface area contributed by atoms with E-state index >= 15 is 0 Å². The SMILES string of the molecule is CN1CCN(c2ccc(Cl)cc2NC(=O)/C=C/c2ccccc2[N+](=O)[O-])CC1. The molecule has 1 amide bonds. The molecule has 2 aromatic rings. The third-order valence-corrected chi connectivity index (χ3v) is 4.84. The van der Waals surface area contributed by atoms with E-state index in [0.717, 1.165) is 31.9 Å². The molecule has 1 saturated heterocycles. The zero-order valence-electron chi connectivity index (χ0n) is 15.5. The van der Waals surface area contributed by atoms with Gasteiger partial charge in [0, 0.05) is 43.3 Å². The van der Waals surface area contributed by atoms with Crippen LogP contribution in [-0.2, 0) is 4.79 Å². The summed E-state index contributed by atoms with van der Waals surface area (Å²) in [6.07, 6.45) is 2.73. The summed E-state index contributed by atoms with van der Waals surface area (Å²) in [5, 5.41) is 14.5. The molecule has 0 unspecified atom stereocenters. The molecule has 0 radical (unpaired) electrons. The maximum Gasteiger partial charge on any atom is 0.276 e. The lowest BCUT2D eigenvalue weighted by atomic mass is 10.1. The van der Waals surface area contributed by atoms with Crippen LogP contribution in [0.25, 0.3) is 6.08 Å². The minimum atomic E-state index is -0.472. The second-order valence-electron chi connectivity index (χ2n) is 6.59. The summed E-state index contributed by atoms with van der Waals surface area (Å²) in [7, 11) is 2.08. The summed E-state index contributed by atoms with van der Waals surface area (Å²) in [5.41, 5.74) is 1.85. The number of anilines is 2. The summed E-state index contributed by atoms with van der Waals surface area (Å²) in [4.78, 5) is 27.5. The van der Waals surface area contributed by atoms with E-state index in [2.05, 4.69) is 22.2 Å². The minimum Gasteiger partial charge on any atom is -0.367 e. The summed E-state index contributed by atoms with van der Waals surface area (Å²) < 4.78 is 0. The minimum absolute atomic E-state index is 0.0487. The Hall–Kier alpha value is -2.90. The van der Waals surface area contributed by atoms with Crippen molar-refractivity contribution < 1.29 is 9.72 Å². The van der Waals surface area contributed by atoms with Gasteiger partial charge in [-0.25, -0.2) is 0 Å². The van der Waals surface area contributed by atoms with Gasteiger partial charge in [0.2, 0.25) is 5.91 Å². The van der Waals surface area contributed by atoms with Crippen LogP contribution in [0.15, 0.2) is 48.5 Å². The maximum atomic E-state index is 12.4. The van der Waals surface area contributed by atoms with Gasteiger partial charge in [-0.2, -0.15) is 0 Å². The molecule has 7 nitrogen and oxygen atoms in total. The highest BCUT2D eigenvalue weighted by Gasteiger charge is 2.18. The van der Waals surface area contributed by atoms with E-state index in [-0.39, 0.29) is 11.6 Å². The van der Waals surface area contributed by atoms with Crippen molar-refractivity contribution in [2.24, 2.45) is 0 Å². The molecule has 1 fully saturated rings. The molecule has 0 spiro atoms. The van der Waals surface area contributed by atoms with Crippen molar-refractivity contribution in [1.82, 2.24) is 4.90 Å². The molecule has 0 aliphatic carbocycles. The molecule has 0 aromatic heterocycles. The number of nitro benzene ring substituents is 1. The zero-order chi connectivity index (χ0) is 20.1. The quantitative estimate of drug-likeness (QED) is 0.471. The summed E-state index contributed by atoms with van der Waals surface area (Å²) in [5.74, 6) is -0.379.